The van der Waals surface area contributed by atoms with E-state index in [9.17, 15) is 10.1 Å². The van der Waals surface area contributed by atoms with Gasteiger partial charge in [-0.25, -0.2) is 0 Å². The molecule has 1 atom stereocenters. The van der Waals surface area contributed by atoms with Crippen molar-refractivity contribution in [1.29, 1.82) is 0 Å². The van der Waals surface area contributed by atoms with E-state index in [1.165, 1.54) is 18.6 Å². The Labute approximate surface area is 100 Å². The Morgan fingerprint density at radius 1 is 1.59 bits per heavy atom. The van der Waals surface area contributed by atoms with Crippen molar-refractivity contribution in [3.05, 3.63) is 34.4 Å². The summed E-state index contributed by atoms with van der Waals surface area (Å²) in [7, 11) is 2.08. The third kappa shape index (κ3) is 2.94. The summed E-state index contributed by atoms with van der Waals surface area (Å²) in [6.45, 7) is 1.70. The number of nitrogens with zero attached hydrogens (tertiary/aromatic N) is 2. The van der Waals surface area contributed by atoms with E-state index >= 15 is 0 Å². The van der Waals surface area contributed by atoms with Crippen LogP contribution in [0.15, 0.2) is 24.3 Å². The highest BCUT2D eigenvalue weighted by atomic mass is 16.6. The van der Waals surface area contributed by atoms with Crippen LogP contribution in [0.3, 0.4) is 0 Å². The van der Waals surface area contributed by atoms with E-state index in [4.69, 9.17) is 4.74 Å². The third-order valence-corrected chi connectivity index (χ3v) is 3.14. The van der Waals surface area contributed by atoms with Gasteiger partial charge in [-0.3, -0.25) is 10.1 Å². The van der Waals surface area contributed by atoms with Crippen LogP contribution < -0.4 is 4.74 Å². The zero-order valence-electron chi connectivity index (χ0n) is 9.83. The number of hydrogen-bond acceptors (Lipinski definition) is 4. The minimum Gasteiger partial charge on any atom is -0.492 e. The molecular weight excluding hydrogens is 220 g/mol. The van der Waals surface area contributed by atoms with E-state index in [1.54, 1.807) is 12.1 Å². The summed E-state index contributed by atoms with van der Waals surface area (Å²) in [5, 5.41) is 10.6. The Morgan fingerprint density at radius 2 is 2.41 bits per heavy atom. The Balaban J connectivity index is 1.94. The topological polar surface area (TPSA) is 55.6 Å². The standard InChI is InChI=1S/C12H16N2O3/c1-13-7-3-5-11(13)9-17-12-6-2-4-10(8-12)14(15)16/h2,4,6,8,11H,3,5,7,9H2,1H3/t11-/m1/s1. The van der Waals surface area contributed by atoms with Crippen molar-refractivity contribution in [2.45, 2.75) is 18.9 Å². The SMILES string of the molecule is CN1CCC[C@@H]1COc1cccc([N+](=O)[O-])c1. The Bertz CT molecular complexity index is 408. The van der Waals surface area contributed by atoms with Gasteiger partial charge in [0, 0.05) is 12.1 Å². The number of non-ortho nitro benzene ring substituents is 1. The number of hydrogen-bond donors (Lipinski definition) is 0. The van der Waals surface area contributed by atoms with Gasteiger partial charge in [-0.15, -0.1) is 0 Å². The lowest BCUT2D eigenvalue weighted by atomic mass is 10.2. The van der Waals surface area contributed by atoms with E-state index in [2.05, 4.69) is 11.9 Å². The fraction of sp³-hybridized carbons (Fsp3) is 0.500. The lowest BCUT2D eigenvalue weighted by molar-refractivity contribution is -0.384. The van der Waals surface area contributed by atoms with Gasteiger partial charge in [0.15, 0.2) is 0 Å². The summed E-state index contributed by atoms with van der Waals surface area (Å²) < 4.78 is 5.61. The Morgan fingerprint density at radius 3 is 3.06 bits per heavy atom. The molecule has 0 saturated carbocycles. The van der Waals surface area contributed by atoms with Crippen molar-refractivity contribution in [3.63, 3.8) is 0 Å². The molecule has 0 aliphatic carbocycles. The van der Waals surface area contributed by atoms with E-state index < -0.39 is 4.92 Å². The lowest BCUT2D eigenvalue weighted by Gasteiger charge is -2.19. The van der Waals surface area contributed by atoms with Gasteiger partial charge in [-0.05, 0) is 32.5 Å². The van der Waals surface area contributed by atoms with Crippen molar-refractivity contribution in [1.82, 2.24) is 4.90 Å². The highest BCUT2D eigenvalue weighted by Gasteiger charge is 2.21. The van der Waals surface area contributed by atoms with Crippen LogP contribution in [0, 0.1) is 10.1 Å². The van der Waals surface area contributed by atoms with Gasteiger partial charge < -0.3 is 9.64 Å². The maximum absolute atomic E-state index is 10.6. The molecule has 92 valence electrons. The Kier molecular flexibility index (Phi) is 3.58. The maximum Gasteiger partial charge on any atom is 0.273 e. The van der Waals surface area contributed by atoms with Gasteiger partial charge in [-0.1, -0.05) is 6.07 Å². The molecule has 17 heavy (non-hydrogen) atoms. The van der Waals surface area contributed by atoms with E-state index in [1.807, 2.05) is 0 Å². The van der Waals surface area contributed by atoms with Crippen molar-refractivity contribution in [2.24, 2.45) is 0 Å². The van der Waals surface area contributed by atoms with Gasteiger partial charge in [0.25, 0.3) is 5.69 Å². The second-order valence-corrected chi connectivity index (χ2v) is 4.34. The zero-order valence-corrected chi connectivity index (χ0v) is 9.83. The first-order chi connectivity index (χ1) is 8.16. The summed E-state index contributed by atoms with van der Waals surface area (Å²) in [5.41, 5.74) is 0.0716. The fourth-order valence-corrected chi connectivity index (χ4v) is 2.07. The summed E-state index contributed by atoms with van der Waals surface area (Å²) in [5.74, 6) is 0.569. The van der Waals surface area contributed by atoms with Gasteiger partial charge in [0.05, 0.1) is 11.0 Å². The van der Waals surface area contributed by atoms with E-state index in [-0.39, 0.29) is 5.69 Å². The van der Waals surface area contributed by atoms with Crippen LogP contribution in [-0.2, 0) is 0 Å². The van der Waals surface area contributed by atoms with Gasteiger partial charge in [0.1, 0.15) is 12.4 Å². The second kappa shape index (κ2) is 5.14. The van der Waals surface area contributed by atoms with Gasteiger partial charge in [-0.2, -0.15) is 0 Å². The first kappa shape index (κ1) is 11.9. The molecule has 5 nitrogen and oxygen atoms in total. The second-order valence-electron chi connectivity index (χ2n) is 4.34. The molecule has 1 fully saturated rings. The number of likely N-dealkylation sites (N-methyl/N-ethyl adjacent to an activating group) is 1. The predicted octanol–water partition coefficient (Wildman–Crippen LogP) is 2.07. The monoisotopic (exact) mass is 236 g/mol. The number of likely N-dealkylation sites (tertiary alicyclic amines) is 1. The minimum absolute atomic E-state index is 0.0716. The van der Waals surface area contributed by atoms with E-state index in [0.717, 1.165) is 13.0 Å². The average Bonchev–Trinajstić information content (AvgIpc) is 2.72. The maximum atomic E-state index is 10.6. The molecule has 2 rings (SSSR count). The third-order valence-electron chi connectivity index (χ3n) is 3.14. The van der Waals surface area contributed by atoms with Crippen LogP contribution in [-0.4, -0.2) is 36.1 Å². The summed E-state index contributed by atoms with van der Waals surface area (Å²) >= 11 is 0. The molecule has 1 aliphatic rings. The molecule has 1 saturated heterocycles. The highest BCUT2D eigenvalue weighted by molar-refractivity contribution is 5.37. The average molecular weight is 236 g/mol. The molecule has 0 bridgehead atoms. The molecule has 5 heteroatoms. The summed E-state index contributed by atoms with van der Waals surface area (Å²) in [4.78, 5) is 12.5. The van der Waals surface area contributed by atoms with Crippen molar-refractivity contribution in [3.8, 4) is 5.75 Å². The van der Waals surface area contributed by atoms with Gasteiger partial charge in [0.2, 0.25) is 0 Å². The van der Waals surface area contributed by atoms with Crippen molar-refractivity contribution >= 4 is 5.69 Å². The molecule has 0 N–H and O–H groups in total. The van der Waals surface area contributed by atoms with E-state index in [0.29, 0.717) is 18.4 Å². The number of rotatable bonds is 4. The fourth-order valence-electron chi connectivity index (χ4n) is 2.07. The highest BCUT2D eigenvalue weighted by Crippen LogP contribution is 2.21. The van der Waals surface area contributed by atoms with Crippen molar-refractivity contribution < 1.29 is 9.66 Å². The molecule has 0 unspecified atom stereocenters. The Hall–Kier alpha value is -1.62. The zero-order chi connectivity index (χ0) is 12.3. The van der Waals surface area contributed by atoms with Crippen LogP contribution in [0.2, 0.25) is 0 Å². The molecule has 0 amide bonds. The molecule has 1 aliphatic heterocycles. The molecule has 0 spiro atoms. The lowest BCUT2D eigenvalue weighted by Crippen LogP contribution is -2.30. The molecule has 1 aromatic rings. The largest absolute Gasteiger partial charge is 0.492 e. The minimum atomic E-state index is -0.408. The molecular formula is C12H16N2O3. The first-order valence-corrected chi connectivity index (χ1v) is 5.74. The smallest absolute Gasteiger partial charge is 0.273 e. The van der Waals surface area contributed by atoms with Crippen molar-refractivity contribution in [2.75, 3.05) is 20.2 Å². The normalized spacial score (nSPS) is 20.4. The van der Waals surface area contributed by atoms with Crippen LogP contribution >= 0.6 is 0 Å². The molecule has 0 radical (unpaired) electrons. The molecule has 0 aromatic heterocycles. The predicted molar refractivity (Wildman–Crippen MR) is 64.2 cm³/mol. The van der Waals surface area contributed by atoms with Crippen LogP contribution in [0.1, 0.15) is 12.8 Å². The first-order valence-electron chi connectivity index (χ1n) is 5.74. The van der Waals surface area contributed by atoms with Crippen LogP contribution in [0.25, 0.3) is 0 Å². The van der Waals surface area contributed by atoms with Crippen LogP contribution in [0.5, 0.6) is 5.75 Å². The molecule has 1 heterocycles. The summed E-state index contributed by atoms with van der Waals surface area (Å²) in [6.07, 6.45) is 2.32. The summed E-state index contributed by atoms with van der Waals surface area (Å²) in [6, 6.07) is 6.76. The molecule has 1 aromatic carbocycles. The quantitative estimate of drug-likeness (QED) is 0.593. The van der Waals surface area contributed by atoms with Crippen LogP contribution in [0.4, 0.5) is 5.69 Å². The number of nitro benzene ring substituents is 1. The number of ether oxygens (including phenoxy) is 1. The number of nitro groups is 1. The number of benzene rings is 1. The van der Waals surface area contributed by atoms with Gasteiger partial charge >= 0.3 is 0 Å².